The highest BCUT2D eigenvalue weighted by atomic mass is 35.5. The number of anilines is 3. The van der Waals surface area contributed by atoms with E-state index in [0.29, 0.717) is 92.1 Å². The second-order valence-corrected chi connectivity index (χ2v) is 17.6. The van der Waals surface area contributed by atoms with Crippen molar-refractivity contribution in [1.29, 1.82) is 0 Å². The van der Waals surface area contributed by atoms with E-state index in [1.54, 1.807) is 18.2 Å². The first kappa shape index (κ1) is 40.4. The van der Waals surface area contributed by atoms with Gasteiger partial charge in [-0.2, -0.15) is 0 Å². The zero-order valence-electron chi connectivity index (χ0n) is 33.7. The monoisotopic (exact) mass is 834 g/mol. The van der Waals surface area contributed by atoms with Crippen LogP contribution in [0.2, 0.25) is 5.02 Å². The van der Waals surface area contributed by atoms with Crippen LogP contribution in [0.25, 0.3) is 10.9 Å². The number of nitrogens with one attached hydrogen (secondary N) is 2. The Balaban J connectivity index is 0.810. The van der Waals surface area contributed by atoms with Crippen molar-refractivity contribution >= 4 is 51.5 Å². The third kappa shape index (κ3) is 8.03. The van der Waals surface area contributed by atoms with Crippen LogP contribution in [0.15, 0.2) is 48.8 Å². The number of carbonyl (C=O) groups is 2. The first-order chi connectivity index (χ1) is 28.5. The number of hydrogen-bond donors (Lipinski definition) is 2. The molecule has 6 aliphatic heterocycles. The highest BCUT2D eigenvalue weighted by molar-refractivity contribution is 6.31. The summed E-state index contributed by atoms with van der Waals surface area (Å²) in [5.41, 5.74) is 0.926. The van der Waals surface area contributed by atoms with Gasteiger partial charge in [-0.25, -0.2) is 24.1 Å². The molecule has 7 heterocycles. The molecule has 2 bridgehead atoms. The van der Waals surface area contributed by atoms with E-state index in [4.69, 9.17) is 40.3 Å². The molecule has 3 aromatic rings. The van der Waals surface area contributed by atoms with E-state index >= 15 is 0 Å². The predicted molar refractivity (Wildman–Crippen MR) is 216 cm³/mol. The van der Waals surface area contributed by atoms with Crippen LogP contribution in [0.4, 0.5) is 21.6 Å². The minimum Gasteiger partial charge on any atom is -0.486 e. The summed E-state index contributed by atoms with van der Waals surface area (Å²) in [4.78, 5) is 52.3. The minimum absolute atomic E-state index is 0.0228. The van der Waals surface area contributed by atoms with E-state index in [1.807, 2.05) is 17.9 Å². The standard InChI is InChI=1S/C43H52ClFN6O8/c1-25-6-8-31-26(2)36(56-41-43(31)30(25)10-12-42(3,57-41)58-59-43)22-39(53)51-16-14-50(15-17-51)13-4-5-38(52)49-35-20-29-34(21-37(35)55-28-11-18-54-23-28)46-24-47-40(29)48-27-7-9-33(45)32(44)19-27/h4-5,7,9,19-21,24-26,28,30-31,36,41H,6,8,10-18,22-23H2,1-3H3,(H,49,52)(H,46,47,48)/b5-4+/t25-,26-,28-,30?,31+,36-,41-,42?,43?/m1/s1. The number of carbonyl (C=O) groups excluding carboxylic acids is 2. The minimum atomic E-state index is -0.850. The molecule has 1 aromatic heterocycles. The van der Waals surface area contributed by atoms with Crippen LogP contribution in [0.3, 0.4) is 0 Å². The number of halogens is 2. The number of rotatable bonds is 10. The van der Waals surface area contributed by atoms with Gasteiger partial charge < -0.3 is 34.5 Å². The lowest BCUT2D eigenvalue weighted by Crippen LogP contribution is -2.70. The molecule has 1 spiro atoms. The molecule has 7 fully saturated rings. The molecule has 7 aliphatic rings. The average molecular weight is 835 g/mol. The molecule has 3 unspecified atom stereocenters. The molecule has 1 aliphatic carbocycles. The van der Waals surface area contributed by atoms with Gasteiger partial charge in [-0.05, 0) is 68.2 Å². The van der Waals surface area contributed by atoms with Crippen LogP contribution in [0.1, 0.15) is 59.3 Å². The van der Waals surface area contributed by atoms with Crippen LogP contribution in [-0.2, 0) is 33.6 Å². The number of piperazine rings is 1. The van der Waals surface area contributed by atoms with Crippen LogP contribution in [-0.4, -0.2) is 107 Å². The fraction of sp³-hybridized carbons (Fsp3) is 0.581. The highest BCUT2D eigenvalue weighted by Gasteiger charge is 2.69. The summed E-state index contributed by atoms with van der Waals surface area (Å²) in [6.45, 7) is 10.5. The normalized spacial score (nSPS) is 33.2. The maximum atomic E-state index is 13.8. The van der Waals surface area contributed by atoms with Crippen LogP contribution in [0, 0.1) is 29.5 Å². The fourth-order valence-corrected chi connectivity index (χ4v) is 10.2. The molecule has 2 N–H and O–H groups in total. The van der Waals surface area contributed by atoms with Crippen molar-refractivity contribution in [3.63, 3.8) is 0 Å². The van der Waals surface area contributed by atoms with Gasteiger partial charge in [-0.1, -0.05) is 31.5 Å². The molecule has 10 rings (SSSR count). The maximum absolute atomic E-state index is 13.8. The van der Waals surface area contributed by atoms with Crippen LogP contribution >= 0.6 is 11.6 Å². The summed E-state index contributed by atoms with van der Waals surface area (Å²) in [5, 5.41) is 6.75. The number of benzene rings is 2. The van der Waals surface area contributed by atoms with Crippen molar-refractivity contribution < 1.29 is 42.7 Å². The van der Waals surface area contributed by atoms with Gasteiger partial charge in [0.15, 0.2) is 11.9 Å². The van der Waals surface area contributed by atoms with Crippen molar-refractivity contribution in [2.75, 3.05) is 56.6 Å². The molecule has 316 valence electrons. The molecular formula is C43H52ClFN6O8. The Bertz CT molecular complexity index is 2100. The van der Waals surface area contributed by atoms with Crippen molar-refractivity contribution in [1.82, 2.24) is 19.8 Å². The molecule has 2 aromatic carbocycles. The molecule has 59 heavy (non-hydrogen) atoms. The van der Waals surface area contributed by atoms with Gasteiger partial charge in [0, 0.05) is 74.7 Å². The largest absolute Gasteiger partial charge is 0.486 e. The molecule has 0 radical (unpaired) electrons. The molecule has 9 atom stereocenters. The Morgan fingerprint density at radius 1 is 1.05 bits per heavy atom. The summed E-state index contributed by atoms with van der Waals surface area (Å²) in [6.07, 6.45) is 8.60. The van der Waals surface area contributed by atoms with Crippen LogP contribution < -0.4 is 15.4 Å². The second-order valence-electron chi connectivity index (χ2n) is 17.2. The van der Waals surface area contributed by atoms with Crippen molar-refractivity contribution in [3.05, 3.63) is 59.7 Å². The summed E-state index contributed by atoms with van der Waals surface area (Å²) in [5.74, 6) is 0.337. The lowest BCUT2D eigenvalue weighted by molar-refractivity contribution is -0.570. The molecule has 6 saturated heterocycles. The zero-order chi connectivity index (χ0) is 40.9. The van der Waals surface area contributed by atoms with E-state index in [-0.39, 0.29) is 46.8 Å². The number of amides is 2. The summed E-state index contributed by atoms with van der Waals surface area (Å²) in [6, 6.07) is 7.83. The third-order valence-electron chi connectivity index (χ3n) is 13.4. The Kier molecular flexibility index (Phi) is 11.3. The maximum Gasteiger partial charge on any atom is 0.248 e. The summed E-state index contributed by atoms with van der Waals surface area (Å²) >= 11 is 6.02. The lowest BCUT2D eigenvalue weighted by Gasteiger charge is -2.60. The lowest BCUT2D eigenvalue weighted by atomic mass is 9.57. The van der Waals surface area contributed by atoms with E-state index in [1.165, 1.54) is 24.5 Å². The molecule has 14 nitrogen and oxygen atoms in total. The van der Waals surface area contributed by atoms with Crippen molar-refractivity contribution in [3.8, 4) is 5.75 Å². The van der Waals surface area contributed by atoms with Gasteiger partial charge >= 0.3 is 0 Å². The Hall–Kier alpha value is -3.96. The highest BCUT2D eigenvalue weighted by Crippen LogP contribution is 2.60. The molecular weight excluding hydrogens is 783 g/mol. The zero-order valence-corrected chi connectivity index (χ0v) is 34.4. The van der Waals surface area contributed by atoms with E-state index in [2.05, 4.69) is 39.3 Å². The Labute approximate surface area is 347 Å². The quantitative estimate of drug-likeness (QED) is 0.167. The van der Waals surface area contributed by atoms with Gasteiger partial charge in [-0.3, -0.25) is 14.5 Å². The number of nitrogens with zero attached hydrogens (tertiary/aromatic N) is 4. The Morgan fingerprint density at radius 2 is 1.90 bits per heavy atom. The molecule has 16 heteroatoms. The van der Waals surface area contributed by atoms with E-state index in [9.17, 15) is 14.0 Å². The third-order valence-corrected chi connectivity index (χ3v) is 13.7. The van der Waals surface area contributed by atoms with Crippen molar-refractivity contribution in [2.24, 2.45) is 23.7 Å². The van der Waals surface area contributed by atoms with Crippen LogP contribution in [0.5, 0.6) is 5.75 Å². The molecule has 1 saturated carbocycles. The number of fused-ring (bicyclic) bond motifs is 3. The van der Waals surface area contributed by atoms with Gasteiger partial charge in [0.1, 0.15) is 29.8 Å². The Morgan fingerprint density at radius 3 is 2.69 bits per heavy atom. The SMILES string of the molecule is C[C@H]1[C@@H](CC(=O)N2CCN(C/C=C/C(=O)Nc3cc4c(Nc5ccc(F)c(Cl)c5)ncnc4cc3O[C@@H]3CCOC3)CC2)O[C@@H]2OC3(C)CCC4[C@H](C)CC[C@@H]1C42OO3. The van der Waals surface area contributed by atoms with Gasteiger partial charge in [0.05, 0.1) is 42.0 Å². The van der Waals surface area contributed by atoms with E-state index < -0.39 is 23.5 Å². The summed E-state index contributed by atoms with van der Waals surface area (Å²) in [7, 11) is 0. The van der Waals surface area contributed by atoms with Crippen molar-refractivity contribution in [2.45, 2.75) is 89.2 Å². The first-order valence-electron chi connectivity index (χ1n) is 20.9. The summed E-state index contributed by atoms with van der Waals surface area (Å²) < 4.78 is 38.8. The van der Waals surface area contributed by atoms with Gasteiger partial charge in [-0.15, -0.1) is 0 Å². The smallest absolute Gasteiger partial charge is 0.248 e. The fourth-order valence-electron chi connectivity index (χ4n) is 10.1. The second kappa shape index (κ2) is 16.5. The predicted octanol–water partition coefficient (Wildman–Crippen LogP) is 6.61. The number of aromatic nitrogens is 2. The molecule has 2 amide bonds. The number of hydrogen-bond acceptors (Lipinski definition) is 12. The first-order valence-corrected chi connectivity index (χ1v) is 21.3. The van der Waals surface area contributed by atoms with Gasteiger partial charge in [0.25, 0.3) is 0 Å². The number of ether oxygens (including phenoxy) is 4. The topological polar surface area (TPSA) is 146 Å². The average Bonchev–Trinajstić information content (AvgIpc) is 3.63. The van der Waals surface area contributed by atoms with E-state index in [0.717, 1.165) is 32.1 Å². The van der Waals surface area contributed by atoms with Gasteiger partial charge in [0.2, 0.25) is 17.6 Å².